The molecule has 1 aliphatic carbocycles. The molecule has 3 amide bonds. The molecular weight excluding hydrogens is 518 g/mol. The molecule has 1 saturated heterocycles. The summed E-state index contributed by atoms with van der Waals surface area (Å²) in [6.45, 7) is 1.55. The van der Waals surface area contributed by atoms with Gasteiger partial charge >= 0.3 is 12.0 Å². The number of imidazole rings is 1. The Morgan fingerprint density at radius 1 is 1.13 bits per heavy atom. The van der Waals surface area contributed by atoms with Crippen LogP contribution in [0, 0.1) is 11.3 Å². The number of nitrogens with zero attached hydrogens (tertiary/aromatic N) is 2. The number of carbonyl (C=O) groups is 3. The number of carbonyl (C=O) groups excluding carboxylic acids is 2. The molecule has 9 nitrogen and oxygen atoms in total. The third-order valence-electron chi connectivity index (χ3n) is 8.56. The Bertz CT molecular complexity index is 1080. The third kappa shape index (κ3) is 8.21. The standard InChI is InChI=1S/C29H40ClN5O4/c30-23-8-6-21(7-9-23)18-25(34-28(39)32-15-11-24-19-31-20-33-24)27(38)35-16-13-29(14-17-35,12-10-26(36)37)22-4-2-1-3-5-22/h6-9,19-20,22,25H,1-5,10-18H2,(H,31,33)(H,36,37)(H2,32,34,39)/t25-/m1/s1. The lowest BCUT2D eigenvalue weighted by atomic mass is 9.61. The van der Waals surface area contributed by atoms with Gasteiger partial charge in [-0.2, -0.15) is 0 Å². The molecule has 1 aromatic carbocycles. The van der Waals surface area contributed by atoms with Crippen LogP contribution in [-0.4, -0.2) is 63.6 Å². The molecule has 0 spiro atoms. The van der Waals surface area contributed by atoms with Crippen LogP contribution in [0.25, 0.3) is 0 Å². The van der Waals surface area contributed by atoms with Crippen LogP contribution in [0.4, 0.5) is 4.79 Å². The highest BCUT2D eigenvalue weighted by molar-refractivity contribution is 6.30. The Labute approximate surface area is 235 Å². The maximum absolute atomic E-state index is 13.8. The number of benzene rings is 1. The van der Waals surface area contributed by atoms with Crippen molar-refractivity contribution < 1.29 is 19.5 Å². The number of aromatic nitrogens is 2. The number of H-pyrrole nitrogens is 1. The molecule has 10 heteroatoms. The second-order valence-corrected chi connectivity index (χ2v) is 11.4. The summed E-state index contributed by atoms with van der Waals surface area (Å²) in [4.78, 5) is 46.9. The van der Waals surface area contributed by atoms with Crippen molar-refractivity contribution in [1.29, 1.82) is 0 Å². The van der Waals surface area contributed by atoms with E-state index in [0.717, 1.165) is 36.9 Å². The van der Waals surface area contributed by atoms with E-state index >= 15 is 0 Å². The van der Waals surface area contributed by atoms with Crippen molar-refractivity contribution in [3.63, 3.8) is 0 Å². The van der Waals surface area contributed by atoms with E-state index in [2.05, 4.69) is 20.6 Å². The lowest BCUT2D eigenvalue weighted by molar-refractivity contribution is -0.140. The van der Waals surface area contributed by atoms with Crippen LogP contribution in [0.1, 0.15) is 69.0 Å². The first-order chi connectivity index (χ1) is 18.8. The molecule has 212 valence electrons. The van der Waals surface area contributed by atoms with E-state index < -0.39 is 18.0 Å². The number of amides is 3. The fourth-order valence-electron chi connectivity index (χ4n) is 6.32. The molecule has 2 aromatic rings. The average Bonchev–Trinajstić information content (AvgIpc) is 3.47. The van der Waals surface area contributed by atoms with E-state index in [1.54, 1.807) is 24.7 Å². The summed E-state index contributed by atoms with van der Waals surface area (Å²) >= 11 is 6.05. The molecule has 4 N–H and O–H groups in total. The number of rotatable bonds is 11. The fraction of sp³-hybridized carbons (Fsp3) is 0.586. The van der Waals surface area contributed by atoms with E-state index in [1.807, 2.05) is 17.0 Å². The first kappa shape index (κ1) is 28.9. The number of aliphatic carboxylic acids is 1. The summed E-state index contributed by atoms with van der Waals surface area (Å²) < 4.78 is 0. The Balaban J connectivity index is 1.41. The second-order valence-electron chi connectivity index (χ2n) is 11.0. The predicted molar refractivity (Wildman–Crippen MR) is 149 cm³/mol. The fourth-order valence-corrected chi connectivity index (χ4v) is 6.45. The van der Waals surface area contributed by atoms with Crippen molar-refractivity contribution in [3.05, 3.63) is 53.1 Å². The van der Waals surface area contributed by atoms with Gasteiger partial charge in [0.15, 0.2) is 0 Å². The third-order valence-corrected chi connectivity index (χ3v) is 8.81. The number of hydrogen-bond donors (Lipinski definition) is 4. The largest absolute Gasteiger partial charge is 0.481 e. The summed E-state index contributed by atoms with van der Waals surface area (Å²) in [5.41, 5.74) is 1.73. The number of halogens is 1. The van der Waals surface area contributed by atoms with Crippen LogP contribution in [-0.2, 0) is 22.4 Å². The van der Waals surface area contributed by atoms with Crippen molar-refractivity contribution in [2.75, 3.05) is 19.6 Å². The molecule has 1 atom stereocenters. The van der Waals surface area contributed by atoms with Gasteiger partial charge in [0.05, 0.1) is 12.0 Å². The topological polar surface area (TPSA) is 127 Å². The Morgan fingerprint density at radius 3 is 2.49 bits per heavy atom. The number of carboxylic acid groups (broad SMARTS) is 1. The molecule has 0 bridgehead atoms. The molecule has 0 unspecified atom stereocenters. The molecule has 2 fully saturated rings. The average molecular weight is 558 g/mol. The van der Waals surface area contributed by atoms with E-state index in [-0.39, 0.29) is 17.7 Å². The lowest BCUT2D eigenvalue weighted by Gasteiger charge is -2.48. The highest BCUT2D eigenvalue weighted by Crippen LogP contribution is 2.49. The molecule has 4 rings (SSSR count). The van der Waals surface area contributed by atoms with Crippen molar-refractivity contribution in [2.24, 2.45) is 11.3 Å². The van der Waals surface area contributed by atoms with E-state index in [4.69, 9.17) is 11.6 Å². The molecule has 1 aromatic heterocycles. The molecule has 2 aliphatic rings. The SMILES string of the molecule is O=C(O)CCC1(C2CCCCC2)CCN(C(=O)[C@@H](Cc2ccc(Cl)cc2)NC(=O)NCCc2c[nH]cn2)CC1. The number of carboxylic acids is 1. The quantitative estimate of drug-likeness (QED) is 0.322. The van der Waals surface area contributed by atoms with Crippen molar-refractivity contribution in [1.82, 2.24) is 25.5 Å². The number of hydrogen-bond acceptors (Lipinski definition) is 4. The van der Waals surface area contributed by atoms with Crippen LogP contribution < -0.4 is 10.6 Å². The van der Waals surface area contributed by atoms with Crippen molar-refractivity contribution >= 4 is 29.5 Å². The molecular formula is C29H40ClN5O4. The van der Waals surface area contributed by atoms with Gasteiger partial charge in [-0.3, -0.25) is 9.59 Å². The van der Waals surface area contributed by atoms with Crippen LogP contribution >= 0.6 is 11.6 Å². The van der Waals surface area contributed by atoms with Crippen LogP contribution in [0.5, 0.6) is 0 Å². The Morgan fingerprint density at radius 2 is 1.85 bits per heavy atom. The predicted octanol–water partition coefficient (Wildman–Crippen LogP) is 4.57. The normalized spacial score (nSPS) is 18.3. The summed E-state index contributed by atoms with van der Waals surface area (Å²) in [6, 6.07) is 6.19. The van der Waals surface area contributed by atoms with Gasteiger partial charge in [-0.25, -0.2) is 9.78 Å². The van der Waals surface area contributed by atoms with Gasteiger partial charge in [-0.1, -0.05) is 43.0 Å². The first-order valence-electron chi connectivity index (χ1n) is 14.1. The zero-order chi connectivity index (χ0) is 27.7. The summed E-state index contributed by atoms with van der Waals surface area (Å²) in [5.74, 6) is -0.344. The first-order valence-corrected chi connectivity index (χ1v) is 14.5. The summed E-state index contributed by atoms with van der Waals surface area (Å²) in [6.07, 6.45) is 12.7. The Hall–Kier alpha value is -3.07. The minimum Gasteiger partial charge on any atom is -0.481 e. The van der Waals surface area contributed by atoms with Crippen molar-refractivity contribution in [2.45, 2.75) is 76.7 Å². The highest BCUT2D eigenvalue weighted by atomic mass is 35.5. The minimum absolute atomic E-state index is 0.0294. The van der Waals surface area contributed by atoms with Crippen LogP contribution in [0.2, 0.25) is 5.02 Å². The number of piperidine rings is 1. The van der Waals surface area contributed by atoms with Gasteiger partial charge in [0.1, 0.15) is 6.04 Å². The molecule has 1 saturated carbocycles. The maximum atomic E-state index is 13.8. The molecule has 2 heterocycles. The van der Waals surface area contributed by atoms with Gasteiger partial charge < -0.3 is 25.6 Å². The molecule has 1 aliphatic heterocycles. The summed E-state index contributed by atoms with van der Waals surface area (Å²) in [7, 11) is 0. The minimum atomic E-state index is -0.755. The zero-order valence-corrected chi connectivity index (χ0v) is 23.2. The van der Waals surface area contributed by atoms with Crippen LogP contribution in [0.3, 0.4) is 0 Å². The van der Waals surface area contributed by atoms with Crippen molar-refractivity contribution in [3.8, 4) is 0 Å². The van der Waals surface area contributed by atoms with Crippen LogP contribution in [0.15, 0.2) is 36.8 Å². The summed E-state index contributed by atoms with van der Waals surface area (Å²) in [5, 5.41) is 15.8. The number of likely N-dealkylation sites (tertiary alicyclic amines) is 1. The number of urea groups is 1. The van der Waals surface area contributed by atoms with Gasteiger partial charge in [0, 0.05) is 50.1 Å². The molecule has 0 radical (unpaired) electrons. The monoisotopic (exact) mass is 557 g/mol. The van der Waals surface area contributed by atoms with E-state index in [0.29, 0.717) is 49.8 Å². The van der Waals surface area contributed by atoms with E-state index in [1.165, 1.54) is 19.3 Å². The maximum Gasteiger partial charge on any atom is 0.315 e. The van der Waals surface area contributed by atoms with Gasteiger partial charge in [-0.05, 0) is 61.1 Å². The smallest absolute Gasteiger partial charge is 0.315 e. The Kier molecular flexibility index (Phi) is 10.3. The number of nitrogens with one attached hydrogen (secondary N) is 3. The number of aromatic amines is 1. The van der Waals surface area contributed by atoms with E-state index in [9.17, 15) is 19.5 Å². The molecule has 39 heavy (non-hydrogen) atoms. The second kappa shape index (κ2) is 13.8. The van der Waals surface area contributed by atoms with Gasteiger partial charge in [-0.15, -0.1) is 0 Å². The van der Waals surface area contributed by atoms with Gasteiger partial charge in [0.25, 0.3) is 0 Å². The highest BCUT2D eigenvalue weighted by Gasteiger charge is 2.43. The lowest BCUT2D eigenvalue weighted by Crippen LogP contribution is -2.55. The van der Waals surface area contributed by atoms with Gasteiger partial charge in [0.2, 0.25) is 5.91 Å². The zero-order valence-electron chi connectivity index (χ0n) is 22.5.